The summed E-state index contributed by atoms with van der Waals surface area (Å²) < 4.78 is 12.4. The van der Waals surface area contributed by atoms with Crippen LogP contribution in [0.25, 0.3) is 0 Å². The number of ether oxygens (including phenoxy) is 2. The zero-order chi connectivity index (χ0) is 16.6. The SMILES string of the molecule is CC1(c2ccc(C#N)cn2)Oc2cccc(C3CCNCC3)c2O1.Cl. The highest BCUT2D eigenvalue weighted by atomic mass is 35.5. The van der Waals surface area contributed by atoms with E-state index in [9.17, 15) is 0 Å². The number of halogens is 1. The molecule has 1 saturated heterocycles. The van der Waals surface area contributed by atoms with Gasteiger partial charge in [-0.3, -0.25) is 4.98 Å². The van der Waals surface area contributed by atoms with E-state index < -0.39 is 5.79 Å². The van der Waals surface area contributed by atoms with Gasteiger partial charge in [0.15, 0.2) is 11.5 Å². The lowest BCUT2D eigenvalue weighted by Gasteiger charge is -2.25. The maximum atomic E-state index is 8.92. The Labute approximate surface area is 153 Å². The van der Waals surface area contributed by atoms with E-state index in [4.69, 9.17) is 14.7 Å². The van der Waals surface area contributed by atoms with Gasteiger partial charge in [-0.25, -0.2) is 0 Å². The third kappa shape index (κ3) is 3.15. The zero-order valence-electron chi connectivity index (χ0n) is 14.0. The minimum Gasteiger partial charge on any atom is -0.443 e. The molecule has 2 aromatic rings. The molecule has 0 amide bonds. The van der Waals surface area contributed by atoms with Crippen molar-refractivity contribution in [3.8, 4) is 17.6 Å². The first-order chi connectivity index (χ1) is 11.7. The molecule has 5 nitrogen and oxygen atoms in total. The molecule has 6 heteroatoms. The molecule has 1 N–H and O–H groups in total. The topological polar surface area (TPSA) is 67.2 Å². The molecule has 1 aromatic carbocycles. The van der Waals surface area contributed by atoms with E-state index in [1.165, 1.54) is 5.56 Å². The number of fused-ring (bicyclic) bond motifs is 1. The van der Waals surface area contributed by atoms with Gasteiger partial charge in [-0.1, -0.05) is 12.1 Å². The predicted octanol–water partition coefficient (Wildman–Crippen LogP) is 3.49. The number of piperidine rings is 1. The normalized spacial score (nSPS) is 22.1. The van der Waals surface area contributed by atoms with Crippen LogP contribution in [0.5, 0.6) is 11.5 Å². The molecule has 0 aliphatic carbocycles. The van der Waals surface area contributed by atoms with Crippen LogP contribution in [0.4, 0.5) is 0 Å². The van der Waals surface area contributed by atoms with Crippen molar-refractivity contribution in [3.05, 3.63) is 53.3 Å². The van der Waals surface area contributed by atoms with Gasteiger partial charge in [-0.15, -0.1) is 12.4 Å². The summed E-state index contributed by atoms with van der Waals surface area (Å²) in [4.78, 5) is 4.35. The van der Waals surface area contributed by atoms with Crippen molar-refractivity contribution >= 4 is 12.4 Å². The van der Waals surface area contributed by atoms with Gasteiger partial charge in [0.2, 0.25) is 0 Å². The van der Waals surface area contributed by atoms with Crippen molar-refractivity contribution in [2.75, 3.05) is 13.1 Å². The third-order valence-corrected chi connectivity index (χ3v) is 4.75. The summed E-state index contributed by atoms with van der Waals surface area (Å²) in [5.41, 5.74) is 2.40. The summed E-state index contributed by atoms with van der Waals surface area (Å²) in [6, 6.07) is 11.7. The molecule has 3 heterocycles. The Balaban J connectivity index is 0.00000182. The Morgan fingerprint density at radius 3 is 2.68 bits per heavy atom. The average Bonchev–Trinajstić information content (AvgIpc) is 3.00. The smallest absolute Gasteiger partial charge is 0.292 e. The van der Waals surface area contributed by atoms with Gasteiger partial charge in [-0.2, -0.15) is 5.26 Å². The summed E-state index contributed by atoms with van der Waals surface area (Å²) in [5, 5.41) is 12.3. The molecule has 0 saturated carbocycles. The standard InChI is InChI=1S/C19H19N3O2.ClH/c1-19(17-6-5-13(11-20)12-22-17)23-16-4-2-3-15(18(16)24-19)14-7-9-21-10-8-14;/h2-6,12,14,21H,7-10H2,1H3;1H. The van der Waals surface area contributed by atoms with Crippen molar-refractivity contribution in [1.29, 1.82) is 5.26 Å². The molecule has 0 radical (unpaired) electrons. The maximum absolute atomic E-state index is 8.92. The van der Waals surface area contributed by atoms with Gasteiger partial charge < -0.3 is 14.8 Å². The van der Waals surface area contributed by atoms with Crippen LogP contribution in [0, 0.1) is 11.3 Å². The van der Waals surface area contributed by atoms with E-state index in [0.717, 1.165) is 37.4 Å². The van der Waals surface area contributed by atoms with Crippen molar-refractivity contribution in [2.24, 2.45) is 0 Å². The van der Waals surface area contributed by atoms with E-state index in [1.54, 1.807) is 18.3 Å². The lowest BCUT2D eigenvalue weighted by Crippen LogP contribution is -2.33. The van der Waals surface area contributed by atoms with Crippen molar-refractivity contribution in [3.63, 3.8) is 0 Å². The Morgan fingerprint density at radius 2 is 2.00 bits per heavy atom. The Bertz CT molecular complexity index is 797. The summed E-state index contributed by atoms with van der Waals surface area (Å²) >= 11 is 0. The maximum Gasteiger partial charge on any atom is 0.292 e. The highest BCUT2D eigenvalue weighted by molar-refractivity contribution is 5.85. The fourth-order valence-corrected chi connectivity index (χ4v) is 3.44. The van der Waals surface area contributed by atoms with Gasteiger partial charge in [0.05, 0.1) is 5.56 Å². The highest BCUT2D eigenvalue weighted by Gasteiger charge is 2.42. The molecule has 130 valence electrons. The lowest BCUT2D eigenvalue weighted by molar-refractivity contribution is -0.0722. The van der Waals surface area contributed by atoms with Crippen LogP contribution in [-0.4, -0.2) is 18.1 Å². The first kappa shape index (κ1) is 17.5. The first-order valence-electron chi connectivity index (χ1n) is 8.28. The Hall–Kier alpha value is -2.29. The molecule has 0 spiro atoms. The molecule has 1 aromatic heterocycles. The van der Waals surface area contributed by atoms with Crippen LogP contribution in [0.1, 0.15) is 42.5 Å². The molecule has 1 atom stereocenters. The van der Waals surface area contributed by atoms with Gasteiger partial charge in [0.1, 0.15) is 11.8 Å². The van der Waals surface area contributed by atoms with E-state index in [0.29, 0.717) is 17.2 Å². The molecule has 2 aliphatic rings. The molecule has 2 aliphatic heterocycles. The van der Waals surface area contributed by atoms with E-state index >= 15 is 0 Å². The lowest BCUT2D eigenvalue weighted by atomic mass is 9.89. The number of pyridine rings is 1. The van der Waals surface area contributed by atoms with E-state index in [-0.39, 0.29) is 12.4 Å². The molecule has 25 heavy (non-hydrogen) atoms. The monoisotopic (exact) mass is 357 g/mol. The number of nitriles is 1. The number of rotatable bonds is 2. The largest absolute Gasteiger partial charge is 0.443 e. The number of hydrogen-bond acceptors (Lipinski definition) is 5. The van der Waals surface area contributed by atoms with Crippen LogP contribution in [-0.2, 0) is 5.79 Å². The van der Waals surface area contributed by atoms with Crippen molar-refractivity contribution in [2.45, 2.75) is 31.5 Å². The third-order valence-electron chi connectivity index (χ3n) is 4.75. The molecule has 1 fully saturated rings. The Morgan fingerprint density at radius 1 is 1.20 bits per heavy atom. The van der Waals surface area contributed by atoms with Crippen LogP contribution < -0.4 is 14.8 Å². The number of aromatic nitrogens is 1. The number of nitrogens with zero attached hydrogens (tertiary/aromatic N) is 2. The van der Waals surface area contributed by atoms with Crippen LogP contribution in [0.2, 0.25) is 0 Å². The van der Waals surface area contributed by atoms with Crippen LogP contribution in [0.15, 0.2) is 36.5 Å². The van der Waals surface area contributed by atoms with Gasteiger partial charge in [0.25, 0.3) is 5.79 Å². The summed E-state index contributed by atoms with van der Waals surface area (Å²) in [7, 11) is 0. The zero-order valence-corrected chi connectivity index (χ0v) is 14.8. The number of nitrogens with one attached hydrogen (secondary N) is 1. The van der Waals surface area contributed by atoms with Gasteiger partial charge >= 0.3 is 0 Å². The predicted molar refractivity (Wildman–Crippen MR) is 96.1 cm³/mol. The quantitative estimate of drug-likeness (QED) is 0.891. The number of hydrogen-bond donors (Lipinski definition) is 1. The van der Waals surface area contributed by atoms with Crippen molar-refractivity contribution in [1.82, 2.24) is 10.3 Å². The molecule has 4 rings (SSSR count). The fraction of sp³-hybridized carbons (Fsp3) is 0.368. The molecular weight excluding hydrogens is 338 g/mol. The second kappa shape index (κ2) is 6.91. The van der Waals surface area contributed by atoms with E-state index in [2.05, 4.69) is 22.4 Å². The van der Waals surface area contributed by atoms with Crippen LogP contribution >= 0.6 is 12.4 Å². The van der Waals surface area contributed by atoms with Crippen LogP contribution in [0.3, 0.4) is 0 Å². The Kier molecular flexibility index (Phi) is 4.85. The number of benzene rings is 1. The van der Waals surface area contributed by atoms with Gasteiger partial charge in [0, 0.05) is 18.7 Å². The first-order valence-corrected chi connectivity index (χ1v) is 8.28. The second-order valence-electron chi connectivity index (χ2n) is 6.39. The number of para-hydroxylation sites is 1. The summed E-state index contributed by atoms with van der Waals surface area (Å²) in [5.74, 6) is 1.12. The molecular formula is C19H20ClN3O2. The summed E-state index contributed by atoms with van der Waals surface area (Å²) in [6.45, 7) is 3.93. The minimum atomic E-state index is -0.959. The second-order valence-corrected chi connectivity index (χ2v) is 6.39. The van der Waals surface area contributed by atoms with E-state index in [1.807, 2.05) is 19.1 Å². The van der Waals surface area contributed by atoms with Crippen molar-refractivity contribution < 1.29 is 9.47 Å². The van der Waals surface area contributed by atoms with Gasteiger partial charge in [-0.05, 0) is 50.0 Å². The molecule has 1 unspecified atom stereocenters. The fourth-order valence-electron chi connectivity index (χ4n) is 3.44. The summed E-state index contributed by atoms with van der Waals surface area (Å²) in [6.07, 6.45) is 3.75. The average molecular weight is 358 g/mol. The molecule has 0 bridgehead atoms. The minimum absolute atomic E-state index is 0. The highest BCUT2D eigenvalue weighted by Crippen LogP contribution is 2.48.